The van der Waals surface area contributed by atoms with Crippen LogP contribution < -0.4 is 16.0 Å². The number of carbonyl (C=O) groups is 3. The lowest BCUT2D eigenvalue weighted by Gasteiger charge is -2.03. The number of carbonyl (C=O) groups excluding carboxylic acids is 3. The lowest BCUT2D eigenvalue weighted by Crippen LogP contribution is -2.39. The molecule has 0 spiro atoms. The smallest absolute Gasteiger partial charge is 0.338 e. The van der Waals surface area contributed by atoms with Crippen LogP contribution in [0.15, 0.2) is 54.9 Å². The minimum absolute atomic E-state index is 0.0606. The SMILES string of the molecule is NC(=O)COC(=O)c1ccc(-n2c[n+](CC(N)=O)c3ccccc32)cc1. The van der Waals surface area contributed by atoms with Gasteiger partial charge in [0.15, 0.2) is 24.2 Å². The molecule has 0 aliphatic carbocycles. The molecule has 2 amide bonds. The van der Waals surface area contributed by atoms with Crippen molar-refractivity contribution in [1.29, 1.82) is 0 Å². The summed E-state index contributed by atoms with van der Waals surface area (Å²) >= 11 is 0. The second-order valence-corrected chi connectivity index (χ2v) is 5.66. The molecule has 0 atom stereocenters. The van der Waals surface area contributed by atoms with E-state index in [1.54, 1.807) is 35.2 Å². The first-order valence-corrected chi connectivity index (χ1v) is 7.79. The Morgan fingerprint density at radius 1 is 0.962 bits per heavy atom. The summed E-state index contributed by atoms with van der Waals surface area (Å²) in [6.07, 6.45) is 1.77. The molecule has 0 aliphatic heterocycles. The van der Waals surface area contributed by atoms with Crippen LogP contribution in [0.1, 0.15) is 10.4 Å². The molecule has 0 saturated carbocycles. The van der Waals surface area contributed by atoms with E-state index in [4.69, 9.17) is 16.2 Å². The van der Waals surface area contributed by atoms with E-state index in [1.807, 2.05) is 28.8 Å². The van der Waals surface area contributed by atoms with Crippen molar-refractivity contribution in [2.45, 2.75) is 6.54 Å². The van der Waals surface area contributed by atoms with Gasteiger partial charge in [-0.3, -0.25) is 9.59 Å². The zero-order valence-electron chi connectivity index (χ0n) is 13.8. The van der Waals surface area contributed by atoms with Crippen LogP contribution in [0.2, 0.25) is 0 Å². The van der Waals surface area contributed by atoms with Gasteiger partial charge in [0.05, 0.1) is 5.56 Å². The fourth-order valence-corrected chi connectivity index (χ4v) is 2.65. The molecule has 8 nitrogen and oxygen atoms in total. The summed E-state index contributed by atoms with van der Waals surface area (Å²) in [4.78, 5) is 33.8. The van der Waals surface area contributed by atoms with Crippen LogP contribution in [0.25, 0.3) is 16.7 Å². The normalized spacial score (nSPS) is 10.6. The Kier molecular flexibility index (Phi) is 4.66. The second-order valence-electron chi connectivity index (χ2n) is 5.66. The van der Waals surface area contributed by atoms with Gasteiger partial charge in [-0.05, 0) is 36.4 Å². The van der Waals surface area contributed by atoms with Crippen molar-refractivity contribution in [1.82, 2.24) is 4.57 Å². The van der Waals surface area contributed by atoms with Crippen molar-refractivity contribution >= 4 is 28.8 Å². The number of nitrogens with two attached hydrogens (primary N) is 2. The zero-order chi connectivity index (χ0) is 18.7. The van der Waals surface area contributed by atoms with Gasteiger partial charge >= 0.3 is 5.97 Å². The minimum atomic E-state index is -0.715. The number of fused-ring (bicyclic) bond motifs is 1. The first-order valence-electron chi connectivity index (χ1n) is 7.79. The van der Waals surface area contributed by atoms with E-state index in [0.29, 0.717) is 5.56 Å². The van der Waals surface area contributed by atoms with Crippen LogP contribution in [0, 0.1) is 0 Å². The van der Waals surface area contributed by atoms with Gasteiger partial charge in [0.1, 0.15) is 5.69 Å². The van der Waals surface area contributed by atoms with Crippen molar-refractivity contribution in [2.75, 3.05) is 6.61 Å². The fraction of sp³-hybridized carbons (Fsp3) is 0.111. The fourth-order valence-electron chi connectivity index (χ4n) is 2.65. The van der Waals surface area contributed by atoms with Gasteiger partial charge in [-0.1, -0.05) is 12.1 Å². The predicted octanol–water partition coefficient (Wildman–Crippen LogP) is 0.0454. The Morgan fingerprint density at radius 3 is 2.31 bits per heavy atom. The molecule has 0 unspecified atom stereocenters. The average Bonchev–Trinajstić information content (AvgIpc) is 2.98. The number of para-hydroxylation sites is 2. The molecule has 1 heterocycles. The molecule has 0 aliphatic rings. The molecule has 3 aromatic rings. The minimum Gasteiger partial charge on any atom is -0.452 e. The zero-order valence-corrected chi connectivity index (χ0v) is 13.8. The van der Waals surface area contributed by atoms with E-state index in [0.717, 1.165) is 16.7 Å². The number of aromatic nitrogens is 2. The number of amides is 2. The van der Waals surface area contributed by atoms with Crippen molar-refractivity contribution in [2.24, 2.45) is 11.5 Å². The van der Waals surface area contributed by atoms with Crippen LogP contribution >= 0.6 is 0 Å². The lowest BCUT2D eigenvalue weighted by molar-refractivity contribution is -0.658. The highest BCUT2D eigenvalue weighted by atomic mass is 16.5. The molecule has 26 heavy (non-hydrogen) atoms. The molecule has 132 valence electrons. The maximum absolute atomic E-state index is 11.8. The third kappa shape index (κ3) is 3.54. The standard InChI is InChI=1S/C18H16N4O4/c19-16(23)9-21-11-22(15-4-2-1-3-14(15)21)13-7-5-12(6-8-13)18(25)26-10-17(20)24/h1-8,11H,9-10H2,(H3-,19,20,23,24)/p+1. The molecule has 0 bridgehead atoms. The van der Waals surface area contributed by atoms with E-state index in [1.165, 1.54) is 0 Å². The number of esters is 1. The van der Waals surface area contributed by atoms with Gasteiger partial charge in [0.2, 0.25) is 6.33 Å². The Labute approximate surface area is 148 Å². The number of ether oxygens (including phenoxy) is 1. The third-order valence-corrected chi connectivity index (χ3v) is 3.76. The molecule has 0 fully saturated rings. The van der Waals surface area contributed by atoms with Gasteiger partial charge in [-0.25, -0.2) is 9.36 Å². The summed E-state index contributed by atoms with van der Waals surface area (Å²) in [5.41, 5.74) is 13.1. The predicted molar refractivity (Wildman–Crippen MR) is 92.1 cm³/mol. The van der Waals surface area contributed by atoms with Gasteiger partial charge in [-0.15, -0.1) is 0 Å². The molecular weight excluding hydrogens is 336 g/mol. The second kappa shape index (κ2) is 7.06. The van der Waals surface area contributed by atoms with E-state index in [-0.39, 0.29) is 6.54 Å². The summed E-state index contributed by atoms with van der Waals surface area (Å²) in [6.45, 7) is -0.402. The maximum Gasteiger partial charge on any atom is 0.338 e. The van der Waals surface area contributed by atoms with Crippen LogP contribution in [0.4, 0.5) is 0 Å². The molecule has 3 rings (SSSR count). The number of benzene rings is 2. The molecule has 0 radical (unpaired) electrons. The summed E-state index contributed by atoms with van der Waals surface area (Å²) < 4.78 is 8.42. The number of primary amides is 2. The van der Waals surface area contributed by atoms with Crippen LogP contribution in [0.3, 0.4) is 0 Å². The summed E-state index contributed by atoms with van der Waals surface area (Å²) in [7, 11) is 0. The number of nitrogens with zero attached hydrogens (tertiary/aromatic N) is 2. The highest BCUT2D eigenvalue weighted by molar-refractivity contribution is 5.91. The highest BCUT2D eigenvalue weighted by Gasteiger charge is 2.18. The van der Waals surface area contributed by atoms with Crippen molar-refractivity contribution < 1.29 is 23.7 Å². The van der Waals surface area contributed by atoms with Gasteiger partial charge in [0.25, 0.3) is 11.8 Å². The first kappa shape index (κ1) is 17.2. The van der Waals surface area contributed by atoms with E-state index in [9.17, 15) is 14.4 Å². The van der Waals surface area contributed by atoms with Crippen LogP contribution in [0.5, 0.6) is 0 Å². The summed E-state index contributed by atoms with van der Waals surface area (Å²) in [5.74, 6) is -1.78. The van der Waals surface area contributed by atoms with Crippen LogP contribution in [-0.4, -0.2) is 29.0 Å². The molecule has 1 aromatic heterocycles. The molecule has 4 N–H and O–H groups in total. The first-order chi connectivity index (χ1) is 12.5. The van der Waals surface area contributed by atoms with Crippen molar-refractivity contribution in [3.8, 4) is 5.69 Å². The molecule has 2 aromatic carbocycles. The van der Waals surface area contributed by atoms with E-state index < -0.39 is 24.4 Å². The molecule has 0 saturated heterocycles. The summed E-state index contributed by atoms with van der Waals surface area (Å²) in [5, 5.41) is 0. The monoisotopic (exact) mass is 353 g/mol. The topological polar surface area (TPSA) is 121 Å². The Balaban J connectivity index is 1.93. The summed E-state index contributed by atoms with van der Waals surface area (Å²) in [6, 6.07) is 14.2. The van der Waals surface area contributed by atoms with Gasteiger partial charge in [-0.2, -0.15) is 4.57 Å². The van der Waals surface area contributed by atoms with Crippen LogP contribution in [-0.2, 0) is 20.9 Å². The van der Waals surface area contributed by atoms with Gasteiger partial charge < -0.3 is 16.2 Å². The van der Waals surface area contributed by atoms with E-state index in [2.05, 4.69) is 0 Å². The van der Waals surface area contributed by atoms with Crippen molar-refractivity contribution in [3.05, 3.63) is 60.4 Å². The lowest BCUT2D eigenvalue weighted by atomic mass is 10.2. The Bertz CT molecular complexity index is 992. The highest BCUT2D eigenvalue weighted by Crippen LogP contribution is 2.17. The number of rotatable bonds is 6. The number of imidazole rings is 1. The molecular formula is C18H17N4O4+. The Hall–Kier alpha value is -3.68. The maximum atomic E-state index is 11.8. The largest absolute Gasteiger partial charge is 0.452 e. The average molecular weight is 353 g/mol. The van der Waals surface area contributed by atoms with Gasteiger partial charge in [0, 0.05) is 0 Å². The van der Waals surface area contributed by atoms with Crippen molar-refractivity contribution in [3.63, 3.8) is 0 Å². The van der Waals surface area contributed by atoms with E-state index >= 15 is 0 Å². The third-order valence-electron chi connectivity index (χ3n) is 3.76. The Morgan fingerprint density at radius 2 is 1.65 bits per heavy atom. The quantitative estimate of drug-likeness (QED) is 0.480. The molecule has 8 heteroatoms. The number of hydrogen-bond acceptors (Lipinski definition) is 4. The number of hydrogen-bond donors (Lipinski definition) is 2.